The van der Waals surface area contributed by atoms with Crippen molar-refractivity contribution in [2.75, 3.05) is 5.32 Å². The Morgan fingerprint density at radius 1 is 1.24 bits per heavy atom. The maximum atomic E-state index is 12.3. The lowest BCUT2D eigenvalue weighted by atomic mass is 10.1. The number of hydrogen-bond donors (Lipinski definition) is 1. The third-order valence-electron chi connectivity index (χ3n) is 4.28. The van der Waals surface area contributed by atoms with Gasteiger partial charge >= 0.3 is 0 Å². The number of rotatable bonds is 8. The Balaban J connectivity index is 1.96. The highest BCUT2D eigenvalue weighted by molar-refractivity contribution is 6.31. The summed E-state index contributed by atoms with van der Waals surface area (Å²) in [6.45, 7) is 9.21. The van der Waals surface area contributed by atoms with Gasteiger partial charge in [-0.3, -0.25) is 4.79 Å². The second-order valence-electron chi connectivity index (χ2n) is 6.67. The first-order valence-electron chi connectivity index (χ1n) is 8.88. The number of benzene rings is 1. The molecule has 5 nitrogen and oxygen atoms in total. The summed E-state index contributed by atoms with van der Waals surface area (Å²) in [6, 6.07) is 5.51. The van der Waals surface area contributed by atoms with Gasteiger partial charge in [0.15, 0.2) is 0 Å². The maximum absolute atomic E-state index is 12.3. The van der Waals surface area contributed by atoms with Gasteiger partial charge < -0.3 is 9.88 Å². The van der Waals surface area contributed by atoms with Gasteiger partial charge in [0.25, 0.3) is 0 Å². The smallest absolute Gasteiger partial charge is 0.224 e. The maximum Gasteiger partial charge on any atom is 0.224 e. The molecule has 0 radical (unpaired) electrons. The van der Waals surface area contributed by atoms with Gasteiger partial charge in [-0.2, -0.15) is 0 Å². The molecule has 0 aliphatic rings. The van der Waals surface area contributed by atoms with Gasteiger partial charge in [0.05, 0.1) is 0 Å². The summed E-state index contributed by atoms with van der Waals surface area (Å²) in [6.07, 6.45) is 2.96. The van der Waals surface area contributed by atoms with Crippen LogP contribution < -0.4 is 5.32 Å². The summed E-state index contributed by atoms with van der Waals surface area (Å²) in [7, 11) is 0. The molecule has 0 unspecified atom stereocenters. The molecule has 0 fully saturated rings. The van der Waals surface area contributed by atoms with Crippen LogP contribution in [0.1, 0.15) is 50.8 Å². The summed E-state index contributed by atoms with van der Waals surface area (Å²) in [4.78, 5) is 12.3. The summed E-state index contributed by atoms with van der Waals surface area (Å²) in [5.74, 6) is 2.48. The Kier molecular flexibility index (Phi) is 7.00. The van der Waals surface area contributed by atoms with Crippen LogP contribution in [0.15, 0.2) is 18.2 Å². The first-order chi connectivity index (χ1) is 11.9. The minimum atomic E-state index is -0.0419. The highest BCUT2D eigenvalue weighted by Crippen LogP contribution is 2.23. The van der Waals surface area contributed by atoms with E-state index in [1.54, 1.807) is 0 Å². The van der Waals surface area contributed by atoms with Gasteiger partial charge in [0.2, 0.25) is 5.91 Å². The van der Waals surface area contributed by atoms with Gasteiger partial charge in [-0.05, 0) is 43.9 Å². The van der Waals surface area contributed by atoms with Crippen LogP contribution in [0.2, 0.25) is 5.02 Å². The number of carbonyl (C=O) groups excluding carboxylic acids is 1. The van der Waals surface area contributed by atoms with Crippen LogP contribution in [-0.4, -0.2) is 20.7 Å². The minimum Gasteiger partial charge on any atom is -0.326 e. The average molecular weight is 363 g/mol. The van der Waals surface area contributed by atoms with Crippen molar-refractivity contribution in [3.8, 4) is 0 Å². The van der Waals surface area contributed by atoms with Gasteiger partial charge in [-0.25, -0.2) is 0 Å². The first-order valence-corrected chi connectivity index (χ1v) is 9.26. The van der Waals surface area contributed by atoms with E-state index >= 15 is 0 Å². The molecule has 2 aromatic rings. The van der Waals surface area contributed by atoms with Crippen molar-refractivity contribution in [1.82, 2.24) is 14.8 Å². The second kappa shape index (κ2) is 8.99. The topological polar surface area (TPSA) is 59.8 Å². The number of amides is 1. The number of anilines is 1. The highest BCUT2D eigenvalue weighted by Gasteiger charge is 2.13. The molecule has 0 bridgehead atoms. The molecule has 1 aromatic carbocycles. The van der Waals surface area contributed by atoms with Crippen molar-refractivity contribution < 1.29 is 4.79 Å². The summed E-state index contributed by atoms with van der Waals surface area (Å²) >= 11 is 6.09. The lowest BCUT2D eigenvalue weighted by Crippen LogP contribution is -2.15. The number of nitrogens with one attached hydrogen (secondary N) is 1. The van der Waals surface area contributed by atoms with Crippen molar-refractivity contribution >= 4 is 23.2 Å². The molecule has 1 N–H and O–H groups in total. The fourth-order valence-corrected chi connectivity index (χ4v) is 2.88. The SMILES string of the molecule is CCn1c(CCC(=O)Nc2cccc(Cl)c2C)nnc1CCC(C)C. The van der Waals surface area contributed by atoms with Crippen molar-refractivity contribution in [1.29, 1.82) is 0 Å². The molecule has 0 atom stereocenters. The lowest BCUT2D eigenvalue weighted by molar-refractivity contribution is -0.116. The van der Waals surface area contributed by atoms with Crippen LogP contribution in [-0.2, 0) is 24.2 Å². The van der Waals surface area contributed by atoms with Crippen LogP contribution in [0.25, 0.3) is 0 Å². The normalized spacial score (nSPS) is 11.1. The van der Waals surface area contributed by atoms with Crippen molar-refractivity contribution in [2.45, 2.75) is 59.9 Å². The van der Waals surface area contributed by atoms with E-state index in [0.29, 0.717) is 23.8 Å². The predicted molar refractivity (Wildman–Crippen MR) is 102 cm³/mol. The molecule has 2 rings (SSSR count). The number of aromatic nitrogens is 3. The number of aryl methyl sites for hydroxylation is 2. The Bertz CT molecular complexity index is 724. The molecule has 1 amide bonds. The summed E-state index contributed by atoms with van der Waals surface area (Å²) in [5, 5.41) is 12.2. The molecule has 0 aliphatic heterocycles. The van der Waals surface area contributed by atoms with Crippen LogP contribution in [0, 0.1) is 12.8 Å². The van der Waals surface area contributed by atoms with Crippen molar-refractivity contribution in [3.05, 3.63) is 40.4 Å². The highest BCUT2D eigenvalue weighted by atomic mass is 35.5. The Morgan fingerprint density at radius 3 is 2.56 bits per heavy atom. The second-order valence-corrected chi connectivity index (χ2v) is 7.08. The van der Waals surface area contributed by atoms with E-state index in [1.165, 1.54) is 0 Å². The fraction of sp³-hybridized carbons (Fsp3) is 0.526. The average Bonchev–Trinajstić information content (AvgIpc) is 2.97. The summed E-state index contributed by atoms with van der Waals surface area (Å²) in [5.41, 5.74) is 1.64. The Hall–Kier alpha value is -1.88. The zero-order valence-electron chi connectivity index (χ0n) is 15.5. The predicted octanol–water partition coefficient (Wildman–Crippen LogP) is 4.42. The van der Waals surface area contributed by atoms with Gasteiger partial charge in [0.1, 0.15) is 11.6 Å². The standard InChI is InChI=1S/C19H27ClN4O/c1-5-24-17(10-9-13(2)3)22-23-18(24)11-12-19(25)21-16-8-6-7-15(20)14(16)4/h6-8,13H,5,9-12H2,1-4H3,(H,21,25). The van der Waals surface area contributed by atoms with E-state index in [9.17, 15) is 4.79 Å². The van der Waals surface area contributed by atoms with Crippen LogP contribution in [0.4, 0.5) is 5.69 Å². The number of hydrogen-bond acceptors (Lipinski definition) is 3. The minimum absolute atomic E-state index is 0.0419. The quantitative estimate of drug-likeness (QED) is 0.756. The molecule has 1 aromatic heterocycles. The van der Waals surface area contributed by atoms with E-state index < -0.39 is 0 Å². The van der Waals surface area contributed by atoms with Gasteiger partial charge in [-0.15, -0.1) is 10.2 Å². The largest absolute Gasteiger partial charge is 0.326 e. The Labute approximate surface area is 154 Å². The van der Waals surface area contributed by atoms with Gasteiger partial charge in [-0.1, -0.05) is 31.5 Å². The van der Waals surface area contributed by atoms with E-state index in [4.69, 9.17) is 11.6 Å². The van der Waals surface area contributed by atoms with Crippen LogP contribution in [0.3, 0.4) is 0 Å². The molecule has 136 valence electrons. The monoisotopic (exact) mass is 362 g/mol. The molecule has 0 saturated heterocycles. The van der Waals surface area contributed by atoms with Gasteiger partial charge in [0, 0.05) is 36.5 Å². The van der Waals surface area contributed by atoms with E-state index in [-0.39, 0.29) is 5.91 Å². The van der Waals surface area contributed by atoms with E-state index in [1.807, 2.05) is 25.1 Å². The number of halogens is 1. The van der Waals surface area contributed by atoms with E-state index in [0.717, 1.165) is 42.3 Å². The molecule has 0 aliphatic carbocycles. The zero-order valence-corrected chi connectivity index (χ0v) is 16.2. The molecular weight excluding hydrogens is 336 g/mol. The zero-order chi connectivity index (χ0) is 18.4. The molecule has 1 heterocycles. The van der Waals surface area contributed by atoms with Crippen LogP contribution >= 0.6 is 11.6 Å². The van der Waals surface area contributed by atoms with Crippen LogP contribution in [0.5, 0.6) is 0 Å². The molecular formula is C19H27ClN4O. The van der Waals surface area contributed by atoms with E-state index in [2.05, 4.69) is 40.9 Å². The third-order valence-corrected chi connectivity index (χ3v) is 4.69. The Morgan fingerprint density at radius 2 is 1.92 bits per heavy atom. The molecule has 6 heteroatoms. The molecule has 25 heavy (non-hydrogen) atoms. The lowest BCUT2D eigenvalue weighted by Gasteiger charge is -2.10. The molecule has 0 spiro atoms. The third kappa shape index (κ3) is 5.30. The number of nitrogens with zero attached hydrogens (tertiary/aromatic N) is 3. The fourth-order valence-electron chi connectivity index (χ4n) is 2.71. The first kappa shape index (κ1) is 19.4. The molecule has 0 saturated carbocycles. The van der Waals surface area contributed by atoms with Crippen molar-refractivity contribution in [3.63, 3.8) is 0 Å². The summed E-state index contributed by atoms with van der Waals surface area (Å²) < 4.78 is 2.13. The van der Waals surface area contributed by atoms with Crippen molar-refractivity contribution in [2.24, 2.45) is 5.92 Å². The number of carbonyl (C=O) groups is 1.